The van der Waals surface area contributed by atoms with Crippen LogP contribution in [-0.4, -0.2) is 16.4 Å². The molecule has 0 atom stereocenters. The second-order valence-electron chi connectivity index (χ2n) is 3.57. The number of pyridine rings is 1. The summed E-state index contributed by atoms with van der Waals surface area (Å²) in [6, 6.07) is 5.95. The van der Waals surface area contributed by atoms with E-state index < -0.39 is 0 Å². The maximum absolute atomic E-state index is 9.00. The topological polar surface area (TPSA) is 78.8 Å². The molecule has 86 valence electrons. The van der Waals surface area contributed by atoms with E-state index in [9.17, 15) is 0 Å². The summed E-state index contributed by atoms with van der Waals surface area (Å²) >= 11 is 1.24. The van der Waals surface area contributed by atoms with Crippen molar-refractivity contribution < 1.29 is 0 Å². The van der Waals surface area contributed by atoms with Crippen LogP contribution in [0.15, 0.2) is 24.5 Å². The van der Waals surface area contributed by atoms with Gasteiger partial charge in [0.1, 0.15) is 16.6 Å². The highest BCUT2D eigenvalue weighted by Gasteiger charge is 2.14. The monoisotopic (exact) mass is 245 g/mol. The fourth-order valence-corrected chi connectivity index (χ4v) is 2.21. The predicted molar refractivity (Wildman–Crippen MR) is 67.6 cm³/mol. The molecular formula is C11H11N5S. The van der Waals surface area contributed by atoms with E-state index in [4.69, 9.17) is 11.0 Å². The van der Waals surface area contributed by atoms with Crippen molar-refractivity contribution in [3.05, 3.63) is 35.7 Å². The normalized spacial score (nSPS) is 9.88. The Kier molecular flexibility index (Phi) is 3.21. The second-order valence-corrected chi connectivity index (χ2v) is 4.32. The SMILES string of the molecule is CN(Cc1ccncc1)c1snc(N)c1C#N. The highest BCUT2D eigenvalue weighted by Crippen LogP contribution is 2.29. The standard InChI is InChI=1S/C11H11N5S/c1-16(7-8-2-4-14-5-3-8)11-9(6-12)10(13)15-17-11/h2-5H,7H2,1H3,(H2,13,15). The lowest BCUT2D eigenvalue weighted by molar-refractivity contribution is 0.929. The van der Waals surface area contributed by atoms with E-state index in [1.54, 1.807) is 12.4 Å². The lowest BCUT2D eigenvalue weighted by Crippen LogP contribution is -2.16. The summed E-state index contributed by atoms with van der Waals surface area (Å²) in [5, 5.41) is 9.80. The lowest BCUT2D eigenvalue weighted by atomic mass is 10.2. The van der Waals surface area contributed by atoms with Crippen LogP contribution in [0.3, 0.4) is 0 Å². The molecule has 2 N–H and O–H groups in total. The third-order valence-corrected chi connectivity index (χ3v) is 3.30. The van der Waals surface area contributed by atoms with Gasteiger partial charge in [-0.2, -0.15) is 9.64 Å². The molecule has 0 aliphatic rings. The predicted octanol–water partition coefficient (Wildman–Crippen LogP) is 1.63. The summed E-state index contributed by atoms with van der Waals surface area (Å²) in [6.07, 6.45) is 3.49. The zero-order valence-electron chi connectivity index (χ0n) is 9.29. The number of nitrogen functional groups attached to an aromatic ring is 1. The van der Waals surface area contributed by atoms with Gasteiger partial charge in [-0.05, 0) is 29.2 Å². The number of rotatable bonds is 3. The van der Waals surface area contributed by atoms with Crippen LogP contribution in [0.4, 0.5) is 10.8 Å². The summed E-state index contributed by atoms with van der Waals surface area (Å²) in [6.45, 7) is 0.693. The minimum atomic E-state index is 0.300. The molecule has 2 aromatic heterocycles. The number of nitrogens with two attached hydrogens (primary N) is 1. The summed E-state index contributed by atoms with van der Waals surface area (Å²) in [5.41, 5.74) is 7.20. The number of nitriles is 1. The van der Waals surface area contributed by atoms with E-state index in [0.29, 0.717) is 17.9 Å². The van der Waals surface area contributed by atoms with Crippen molar-refractivity contribution in [2.45, 2.75) is 6.54 Å². The summed E-state index contributed by atoms with van der Waals surface area (Å²) < 4.78 is 3.99. The molecule has 2 rings (SSSR count). The third kappa shape index (κ3) is 2.34. The zero-order chi connectivity index (χ0) is 12.3. The number of hydrogen-bond donors (Lipinski definition) is 1. The maximum Gasteiger partial charge on any atom is 0.157 e. The van der Waals surface area contributed by atoms with Crippen molar-refractivity contribution in [2.24, 2.45) is 0 Å². The van der Waals surface area contributed by atoms with Crippen LogP contribution >= 0.6 is 11.5 Å². The Morgan fingerprint density at radius 3 is 2.82 bits per heavy atom. The highest BCUT2D eigenvalue weighted by molar-refractivity contribution is 7.10. The first kappa shape index (κ1) is 11.4. The fraction of sp³-hybridized carbons (Fsp3) is 0.182. The molecule has 0 bridgehead atoms. The van der Waals surface area contributed by atoms with Crippen LogP contribution in [0.1, 0.15) is 11.1 Å². The Bertz CT molecular complexity index is 543. The molecule has 2 heterocycles. The number of anilines is 2. The van der Waals surface area contributed by atoms with Crippen molar-refractivity contribution >= 4 is 22.4 Å². The summed E-state index contributed by atoms with van der Waals surface area (Å²) in [5.74, 6) is 0.300. The molecule has 0 saturated carbocycles. The Balaban J connectivity index is 2.21. The summed E-state index contributed by atoms with van der Waals surface area (Å²) in [7, 11) is 1.91. The molecule has 0 saturated heterocycles. The van der Waals surface area contributed by atoms with Crippen molar-refractivity contribution in [3.63, 3.8) is 0 Å². The van der Waals surface area contributed by atoms with Crippen molar-refractivity contribution in [1.29, 1.82) is 5.26 Å². The van der Waals surface area contributed by atoms with Gasteiger partial charge < -0.3 is 10.6 Å². The first-order valence-electron chi connectivity index (χ1n) is 4.97. The number of nitrogens with zero attached hydrogens (tertiary/aromatic N) is 4. The second kappa shape index (κ2) is 4.80. The van der Waals surface area contributed by atoms with Crippen LogP contribution in [0.25, 0.3) is 0 Å². The van der Waals surface area contributed by atoms with E-state index in [0.717, 1.165) is 10.6 Å². The Hall–Kier alpha value is -2.13. The maximum atomic E-state index is 9.00. The first-order chi connectivity index (χ1) is 8.22. The van der Waals surface area contributed by atoms with Gasteiger partial charge in [-0.25, -0.2) is 0 Å². The summed E-state index contributed by atoms with van der Waals surface area (Å²) in [4.78, 5) is 5.92. The van der Waals surface area contributed by atoms with E-state index in [1.165, 1.54) is 11.5 Å². The lowest BCUT2D eigenvalue weighted by Gasteiger charge is -2.16. The number of aromatic nitrogens is 2. The number of hydrogen-bond acceptors (Lipinski definition) is 6. The van der Waals surface area contributed by atoms with Gasteiger partial charge in [0.15, 0.2) is 5.82 Å². The highest BCUT2D eigenvalue weighted by atomic mass is 32.1. The van der Waals surface area contributed by atoms with E-state index in [1.807, 2.05) is 24.1 Å². The van der Waals surface area contributed by atoms with Gasteiger partial charge in [0.2, 0.25) is 0 Å². The van der Waals surface area contributed by atoms with Gasteiger partial charge in [0, 0.05) is 26.0 Å². The van der Waals surface area contributed by atoms with Gasteiger partial charge in [0.25, 0.3) is 0 Å². The van der Waals surface area contributed by atoms with Gasteiger partial charge in [-0.3, -0.25) is 4.98 Å². The molecule has 0 unspecified atom stereocenters. The Morgan fingerprint density at radius 2 is 2.18 bits per heavy atom. The van der Waals surface area contributed by atoms with Gasteiger partial charge in [0.05, 0.1) is 0 Å². The minimum absolute atomic E-state index is 0.300. The third-order valence-electron chi connectivity index (χ3n) is 2.33. The average Bonchev–Trinajstić information content (AvgIpc) is 2.71. The molecule has 0 aliphatic heterocycles. The van der Waals surface area contributed by atoms with E-state index in [2.05, 4.69) is 15.4 Å². The average molecular weight is 245 g/mol. The van der Waals surface area contributed by atoms with Crippen LogP contribution in [0, 0.1) is 11.3 Å². The molecular weight excluding hydrogens is 234 g/mol. The fourth-order valence-electron chi connectivity index (χ4n) is 1.49. The van der Waals surface area contributed by atoms with Gasteiger partial charge in [-0.1, -0.05) is 0 Å². The van der Waals surface area contributed by atoms with Crippen molar-refractivity contribution in [2.75, 3.05) is 17.7 Å². The minimum Gasteiger partial charge on any atom is -0.382 e. The van der Waals surface area contributed by atoms with Gasteiger partial charge >= 0.3 is 0 Å². The molecule has 5 nitrogen and oxygen atoms in total. The largest absolute Gasteiger partial charge is 0.382 e. The molecule has 0 fully saturated rings. The van der Waals surface area contributed by atoms with Crippen molar-refractivity contribution in [1.82, 2.24) is 9.36 Å². The van der Waals surface area contributed by atoms with Crippen LogP contribution in [-0.2, 0) is 6.54 Å². The van der Waals surface area contributed by atoms with Crippen LogP contribution in [0.5, 0.6) is 0 Å². The Labute approximate surface area is 103 Å². The van der Waals surface area contributed by atoms with Crippen molar-refractivity contribution in [3.8, 4) is 6.07 Å². The van der Waals surface area contributed by atoms with Crippen LogP contribution < -0.4 is 10.6 Å². The quantitative estimate of drug-likeness (QED) is 0.889. The Morgan fingerprint density at radius 1 is 1.47 bits per heavy atom. The molecule has 2 aromatic rings. The molecule has 0 aliphatic carbocycles. The molecule has 17 heavy (non-hydrogen) atoms. The van der Waals surface area contributed by atoms with Gasteiger partial charge in [-0.15, -0.1) is 0 Å². The smallest absolute Gasteiger partial charge is 0.157 e. The molecule has 6 heteroatoms. The van der Waals surface area contributed by atoms with Crippen LogP contribution in [0.2, 0.25) is 0 Å². The zero-order valence-corrected chi connectivity index (χ0v) is 10.1. The molecule has 0 aromatic carbocycles. The molecule has 0 amide bonds. The molecule has 0 spiro atoms. The first-order valence-corrected chi connectivity index (χ1v) is 5.75. The van der Waals surface area contributed by atoms with E-state index >= 15 is 0 Å². The van der Waals surface area contributed by atoms with E-state index in [-0.39, 0.29) is 0 Å². The molecule has 0 radical (unpaired) electrons.